The number of aryl methyl sites for hydroxylation is 1. The number of aromatic nitrogens is 2. The quantitative estimate of drug-likeness (QED) is 0.916. The Morgan fingerprint density at radius 3 is 2.62 bits per heavy atom. The van der Waals surface area contributed by atoms with Gasteiger partial charge in [-0.1, -0.05) is 24.3 Å². The minimum atomic E-state index is 0.489. The van der Waals surface area contributed by atoms with E-state index in [0.29, 0.717) is 6.04 Å². The molecule has 1 N–H and O–H groups in total. The van der Waals surface area contributed by atoms with Gasteiger partial charge in [0.15, 0.2) is 0 Å². The van der Waals surface area contributed by atoms with Crippen LogP contribution in [0.2, 0.25) is 0 Å². The number of nitrogens with one attached hydrogen (secondary N) is 1. The highest BCUT2D eigenvalue weighted by Crippen LogP contribution is 2.19. The highest BCUT2D eigenvalue weighted by molar-refractivity contribution is 5.41. The number of likely N-dealkylation sites (tertiary alicyclic amines) is 1. The van der Waals surface area contributed by atoms with Gasteiger partial charge in [-0.2, -0.15) is 4.98 Å². The van der Waals surface area contributed by atoms with Crippen LogP contribution in [0.3, 0.4) is 0 Å². The average Bonchev–Trinajstić information content (AvgIpc) is 2.59. The molecule has 0 saturated carbocycles. The van der Waals surface area contributed by atoms with Crippen LogP contribution in [-0.2, 0) is 6.54 Å². The van der Waals surface area contributed by atoms with Crippen LogP contribution in [0.25, 0.3) is 0 Å². The van der Waals surface area contributed by atoms with Crippen LogP contribution in [0.4, 0.5) is 11.8 Å². The van der Waals surface area contributed by atoms with E-state index in [9.17, 15) is 0 Å². The average molecular weight is 325 g/mol. The van der Waals surface area contributed by atoms with Gasteiger partial charge in [-0.25, -0.2) is 4.98 Å². The van der Waals surface area contributed by atoms with Crippen molar-refractivity contribution in [2.24, 2.45) is 0 Å². The Kier molecular flexibility index (Phi) is 5.30. The minimum absolute atomic E-state index is 0.489. The van der Waals surface area contributed by atoms with E-state index in [1.807, 2.05) is 31.3 Å². The van der Waals surface area contributed by atoms with E-state index >= 15 is 0 Å². The molecule has 1 fully saturated rings. The number of hydrogen-bond acceptors (Lipinski definition) is 5. The fourth-order valence-electron chi connectivity index (χ4n) is 3.12. The summed E-state index contributed by atoms with van der Waals surface area (Å²) < 4.78 is 0. The normalized spacial score (nSPS) is 16.1. The van der Waals surface area contributed by atoms with Crippen molar-refractivity contribution >= 4 is 11.8 Å². The second kappa shape index (κ2) is 7.62. The first-order valence-corrected chi connectivity index (χ1v) is 8.65. The smallest absolute Gasteiger partial charge is 0.226 e. The molecule has 1 saturated heterocycles. The summed E-state index contributed by atoms with van der Waals surface area (Å²) in [7, 11) is 3.92. The largest absolute Gasteiger partial charge is 0.367 e. The number of benzene rings is 1. The summed E-state index contributed by atoms with van der Waals surface area (Å²) in [5, 5.41) is 3.57. The van der Waals surface area contributed by atoms with Crippen LogP contribution in [0, 0.1) is 6.92 Å². The van der Waals surface area contributed by atoms with E-state index in [1.54, 1.807) is 0 Å². The van der Waals surface area contributed by atoms with Crippen LogP contribution >= 0.6 is 0 Å². The summed E-state index contributed by atoms with van der Waals surface area (Å²) in [4.78, 5) is 13.3. The first-order chi connectivity index (χ1) is 11.6. The highest BCUT2D eigenvalue weighted by atomic mass is 15.2. The summed E-state index contributed by atoms with van der Waals surface area (Å²) in [6.45, 7) is 5.49. The van der Waals surface area contributed by atoms with Crippen molar-refractivity contribution in [3.8, 4) is 0 Å². The van der Waals surface area contributed by atoms with E-state index in [4.69, 9.17) is 0 Å². The molecule has 0 unspecified atom stereocenters. The molecule has 2 aromatic rings. The van der Waals surface area contributed by atoms with E-state index in [-0.39, 0.29) is 0 Å². The molecule has 1 aliphatic rings. The summed E-state index contributed by atoms with van der Waals surface area (Å²) in [5.74, 6) is 1.67. The fourth-order valence-corrected chi connectivity index (χ4v) is 3.12. The van der Waals surface area contributed by atoms with E-state index < -0.39 is 0 Å². The third kappa shape index (κ3) is 4.23. The van der Waals surface area contributed by atoms with Gasteiger partial charge in [0.2, 0.25) is 5.95 Å². The molecule has 0 atom stereocenters. The molecule has 0 aliphatic carbocycles. The Balaban J connectivity index is 1.52. The Labute approximate surface area is 144 Å². The van der Waals surface area contributed by atoms with E-state index in [1.165, 1.54) is 11.1 Å². The number of hydrogen-bond donors (Lipinski definition) is 1. The molecule has 0 amide bonds. The molecule has 128 valence electrons. The fraction of sp³-hybridized carbons (Fsp3) is 0.474. The Morgan fingerprint density at radius 2 is 1.92 bits per heavy atom. The molecule has 1 aromatic heterocycles. The summed E-state index contributed by atoms with van der Waals surface area (Å²) in [5.41, 5.74) is 2.82. The lowest BCUT2D eigenvalue weighted by Gasteiger charge is -2.33. The SMILES string of the molecule is Cc1ccccc1CN1CCC(Nc2ccnc(N(C)C)n2)CC1. The maximum atomic E-state index is 4.55. The molecule has 2 heterocycles. The van der Waals surface area contributed by atoms with Crippen LogP contribution in [0.1, 0.15) is 24.0 Å². The minimum Gasteiger partial charge on any atom is -0.367 e. The number of nitrogens with zero attached hydrogens (tertiary/aromatic N) is 4. The van der Waals surface area contributed by atoms with Gasteiger partial charge in [-0.05, 0) is 37.0 Å². The highest BCUT2D eigenvalue weighted by Gasteiger charge is 2.20. The third-order valence-electron chi connectivity index (χ3n) is 4.64. The molecular weight excluding hydrogens is 298 g/mol. The predicted molar refractivity (Wildman–Crippen MR) is 99.5 cm³/mol. The van der Waals surface area contributed by atoms with E-state index in [2.05, 4.69) is 51.4 Å². The molecule has 3 rings (SSSR count). The summed E-state index contributed by atoms with van der Waals surface area (Å²) >= 11 is 0. The van der Waals surface area contributed by atoms with Gasteiger partial charge in [-0.15, -0.1) is 0 Å². The summed E-state index contributed by atoms with van der Waals surface area (Å²) in [6.07, 6.45) is 4.11. The van der Waals surface area contributed by atoms with E-state index in [0.717, 1.165) is 44.2 Å². The number of piperidine rings is 1. The molecule has 5 nitrogen and oxygen atoms in total. The second-order valence-corrected chi connectivity index (χ2v) is 6.76. The van der Waals surface area contributed by atoms with Gasteiger partial charge in [-0.3, -0.25) is 4.90 Å². The Hall–Kier alpha value is -2.14. The molecule has 24 heavy (non-hydrogen) atoms. The standard InChI is InChI=1S/C19H27N5/c1-15-6-4-5-7-16(15)14-24-12-9-17(10-13-24)21-18-8-11-20-19(22-18)23(2)3/h4-8,11,17H,9-10,12-14H2,1-3H3,(H,20,21,22). The first-order valence-electron chi connectivity index (χ1n) is 8.65. The van der Waals surface area contributed by atoms with Crippen LogP contribution in [-0.4, -0.2) is 48.1 Å². The van der Waals surface area contributed by atoms with Gasteiger partial charge in [0.25, 0.3) is 0 Å². The molecule has 5 heteroatoms. The molecule has 1 aliphatic heterocycles. The van der Waals surface area contributed by atoms with Crippen molar-refractivity contribution in [2.45, 2.75) is 32.4 Å². The van der Waals surface area contributed by atoms with Crippen molar-refractivity contribution in [1.82, 2.24) is 14.9 Å². The lowest BCUT2D eigenvalue weighted by Crippen LogP contribution is -2.39. The van der Waals surface area contributed by atoms with Crippen molar-refractivity contribution < 1.29 is 0 Å². The zero-order chi connectivity index (χ0) is 16.9. The first kappa shape index (κ1) is 16.7. The second-order valence-electron chi connectivity index (χ2n) is 6.76. The zero-order valence-electron chi connectivity index (χ0n) is 14.9. The molecule has 0 spiro atoms. The van der Waals surface area contributed by atoms with Crippen molar-refractivity contribution in [3.05, 3.63) is 47.7 Å². The van der Waals surface area contributed by atoms with Gasteiger partial charge in [0, 0.05) is 46.0 Å². The predicted octanol–water partition coefficient (Wildman–Crippen LogP) is 2.93. The van der Waals surface area contributed by atoms with Crippen molar-refractivity contribution in [1.29, 1.82) is 0 Å². The van der Waals surface area contributed by atoms with Gasteiger partial charge in [0.1, 0.15) is 5.82 Å². The van der Waals surface area contributed by atoms with Gasteiger partial charge in [0.05, 0.1) is 0 Å². The monoisotopic (exact) mass is 325 g/mol. The molecule has 1 aromatic carbocycles. The Bertz CT molecular complexity index is 662. The van der Waals surface area contributed by atoms with Crippen LogP contribution in [0.5, 0.6) is 0 Å². The van der Waals surface area contributed by atoms with Gasteiger partial charge >= 0.3 is 0 Å². The van der Waals surface area contributed by atoms with Crippen molar-refractivity contribution in [2.75, 3.05) is 37.4 Å². The number of rotatable bonds is 5. The lowest BCUT2D eigenvalue weighted by atomic mass is 10.0. The lowest BCUT2D eigenvalue weighted by molar-refractivity contribution is 0.211. The molecule has 0 radical (unpaired) electrons. The zero-order valence-corrected chi connectivity index (χ0v) is 14.9. The van der Waals surface area contributed by atoms with Crippen molar-refractivity contribution in [3.63, 3.8) is 0 Å². The maximum Gasteiger partial charge on any atom is 0.226 e. The molecule has 0 bridgehead atoms. The third-order valence-corrected chi connectivity index (χ3v) is 4.64. The maximum absolute atomic E-state index is 4.55. The number of anilines is 2. The molecular formula is C19H27N5. The topological polar surface area (TPSA) is 44.3 Å². The van der Waals surface area contributed by atoms with Crippen LogP contribution < -0.4 is 10.2 Å². The Morgan fingerprint density at radius 1 is 1.17 bits per heavy atom. The van der Waals surface area contributed by atoms with Crippen LogP contribution in [0.15, 0.2) is 36.5 Å². The summed E-state index contributed by atoms with van der Waals surface area (Å²) in [6, 6.07) is 11.1. The van der Waals surface area contributed by atoms with Gasteiger partial charge < -0.3 is 10.2 Å².